The maximum absolute atomic E-state index is 16.3. The number of nitrogens with zero attached hydrogens (tertiary/aromatic N) is 6. The van der Waals surface area contributed by atoms with Gasteiger partial charge in [-0.1, -0.05) is 158 Å². The molecular weight excluding hydrogens is 905 g/mol. The number of fused-ring (bicyclic) bond motifs is 13. The molecular formula is C67H42N6O. The first-order valence-electron chi connectivity index (χ1n) is 25.1. The van der Waals surface area contributed by atoms with Crippen LogP contribution in [0.3, 0.4) is 0 Å². The number of hydrogen-bond donors (Lipinski definition) is 0. The fourth-order valence-electron chi connectivity index (χ4n) is 12.4. The standard InChI is InChI=1S/C67H42N6O/c74-67-72(47-39-43(68-57-27-9-1-19-49(57)50-20-2-10-28-58(50)68)37-44(40-47)69-59-29-11-3-21-51(59)52-22-4-12-30-60(52)69)65-35-17-18-36-66(65)73(67)48-41-45(70-61-31-13-5-23-53(61)54-24-6-14-32-62(54)70)38-46(42-48)71-63-33-15-7-25-55(63)56-26-8-16-34-64(56)71/h1-42H. The summed E-state index contributed by atoms with van der Waals surface area (Å²) >= 11 is 0. The van der Waals surface area contributed by atoms with E-state index >= 15 is 4.79 Å². The fraction of sp³-hybridized carbons (Fsp3) is 0. The first-order valence-corrected chi connectivity index (χ1v) is 25.1. The van der Waals surface area contributed by atoms with E-state index in [1.165, 1.54) is 43.1 Å². The average Bonchev–Trinajstić information content (AvgIpc) is 4.24. The highest BCUT2D eigenvalue weighted by Gasteiger charge is 2.24. The van der Waals surface area contributed by atoms with E-state index in [2.05, 4.69) is 261 Å². The lowest BCUT2D eigenvalue weighted by molar-refractivity contribution is 0.923. The molecule has 5 heterocycles. The second kappa shape index (κ2) is 15.4. The van der Waals surface area contributed by atoms with Gasteiger partial charge in [0, 0.05) is 43.1 Å². The molecule has 0 saturated heterocycles. The van der Waals surface area contributed by atoms with Crippen LogP contribution in [0.1, 0.15) is 0 Å². The highest BCUT2D eigenvalue weighted by Crippen LogP contribution is 2.40. The van der Waals surface area contributed by atoms with Crippen LogP contribution in [0, 0.1) is 0 Å². The summed E-state index contributed by atoms with van der Waals surface area (Å²) in [7, 11) is 0. The van der Waals surface area contributed by atoms with Gasteiger partial charge in [-0.3, -0.25) is 9.13 Å². The van der Waals surface area contributed by atoms with E-state index in [9.17, 15) is 0 Å². The summed E-state index contributed by atoms with van der Waals surface area (Å²) in [6.45, 7) is 0. The van der Waals surface area contributed by atoms with Crippen LogP contribution in [-0.2, 0) is 0 Å². The minimum absolute atomic E-state index is 0.175. The van der Waals surface area contributed by atoms with Crippen LogP contribution in [0.5, 0.6) is 0 Å². The van der Waals surface area contributed by atoms with E-state index in [1.54, 1.807) is 0 Å². The van der Waals surface area contributed by atoms with Crippen LogP contribution in [0.4, 0.5) is 0 Å². The van der Waals surface area contributed by atoms with Gasteiger partial charge in [0.25, 0.3) is 0 Å². The van der Waals surface area contributed by atoms with Crippen LogP contribution in [-0.4, -0.2) is 27.4 Å². The van der Waals surface area contributed by atoms with Crippen molar-refractivity contribution in [1.29, 1.82) is 0 Å². The zero-order valence-electron chi connectivity index (χ0n) is 39.8. The third-order valence-corrected chi connectivity index (χ3v) is 15.4. The zero-order chi connectivity index (χ0) is 48.6. The van der Waals surface area contributed by atoms with Gasteiger partial charge in [0.05, 0.1) is 89.3 Å². The van der Waals surface area contributed by atoms with Gasteiger partial charge >= 0.3 is 5.69 Å². The van der Waals surface area contributed by atoms with Crippen molar-refractivity contribution in [3.63, 3.8) is 0 Å². The van der Waals surface area contributed by atoms with E-state index in [0.29, 0.717) is 0 Å². The predicted octanol–water partition coefficient (Wildman–Crippen LogP) is 16.2. The summed E-state index contributed by atoms with van der Waals surface area (Å²) in [6, 6.07) is 90.4. The largest absolute Gasteiger partial charge is 0.338 e. The lowest BCUT2D eigenvalue weighted by atomic mass is 10.2. The van der Waals surface area contributed by atoms with Crippen LogP contribution >= 0.6 is 0 Å². The minimum Gasteiger partial charge on any atom is -0.309 e. The Morgan fingerprint density at radius 1 is 0.176 bits per heavy atom. The minimum atomic E-state index is -0.175. The summed E-state index contributed by atoms with van der Waals surface area (Å²) in [5.74, 6) is 0. The Morgan fingerprint density at radius 3 is 0.514 bits per heavy atom. The van der Waals surface area contributed by atoms with Crippen molar-refractivity contribution >= 4 is 98.3 Å². The molecule has 7 heteroatoms. The predicted molar refractivity (Wildman–Crippen MR) is 306 cm³/mol. The SMILES string of the molecule is O=c1n(-c2cc(-n3c4ccccc4c4ccccc43)cc(-n3c4ccccc4c4ccccc43)c2)c2ccccc2n1-c1cc(-n2c3ccccc3c3ccccc32)cc(-n2c3ccccc3c3ccccc32)c1. The Bertz CT molecular complexity index is 4280. The van der Waals surface area contributed by atoms with E-state index in [1.807, 2.05) is 21.3 Å². The zero-order valence-corrected chi connectivity index (χ0v) is 39.8. The molecule has 0 aliphatic carbocycles. The van der Waals surface area contributed by atoms with Crippen LogP contribution in [0.15, 0.2) is 260 Å². The second-order valence-corrected chi connectivity index (χ2v) is 19.3. The third-order valence-electron chi connectivity index (χ3n) is 15.4. The van der Waals surface area contributed by atoms with Crippen molar-refractivity contribution in [2.75, 3.05) is 0 Å². The average molecular weight is 947 g/mol. The number of imidazole rings is 1. The topological polar surface area (TPSA) is 46.6 Å². The summed E-state index contributed by atoms with van der Waals surface area (Å²) in [4.78, 5) is 16.3. The van der Waals surface area contributed by atoms with Crippen molar-refractivity contribution in [1.82, 2.24) is 27.4 Å². The molecule has 7 nitrogen and oxygen atoms in total. The molecule has 0 aliphatic heterocycles. The number of benzene rings is 11. The van der Waals surface area contributed by atoms with Crippen molar-refractivity contribution in [2.45, 2.75) is 0 Å². The van der Waals surface area contributed by atoms with Crippen molar-refractivity contribution in [3.8, 4) is 34.1 Å². The van der Waals surface area contributed by atoms with Gasteiger partial charge in [0.2, 0.25) is 0 Å². The van der Waals surface area contributed by atoms with E-state index in [4.69, 9.17) is 0 Å². The molecule has 74 heavy (non-hydrogen) atoms. The van der Waals surface area contributed by atoms with Gasteiger partial charge in [-0.15, -0.1) is 0 Å². The Morgan fingerprint density at radius 2 is 0.324 bits per heavy atom. The number of para-hydroxylation sites is 10. The van der Waals surface area contributed by atoms with Gasteiger partial charge in [-0.25, -0.2) is 4.79 Å². The number of aromatic nitrogens is 6. The smallest absolute Gasteiger partial charge is 0.309 e. The molecule has 0 atom stereocenters. The van der Waals surface area contributed by atoms with E-state index < -0.39 is 0 Å². The summed E-state index contributed by atoms with van der Waals surface area (Å²) in [5, 5.41) is 9.35. The molecule has 0 aliphatic rings. The van der Waals surface area contributed by atoms with Gasteiger partial charge in [0.15, 0.2) is 0 Å². The number of rotatable bonds is 6. The van der Waals surface area contributed by atoms with Gasteiger partial charge in [0.1, 0.15) is 0 Å². The van der Waals surface area contributed by atoms with Crippen molar-refractivity contribution in [2.24, 2.45) is 0 Å². The molecule has 0 N–H and O–H groups in total. The monoisotopic (exact) mass is 946 g/mol. The van der Waals surface area contributed by atoms with Crippen LogP contribution < -0.4 is 5.69 Å². The molecule has 0 fully saturated rings. The Labute approximate surface area is 423 Å². The quantitative estimate of drug-likeness (QED) is 0.164. The summed E-state index contributed by atoms with van der Waals surface area (Å²) in [6.07, 6.45) is 0. The molecule has 16 aromatic rings. The summed E-state index contributed by atoms with van der Waals surface area (Å²) in [5.41, 5.74) is 15.4. The highest BCUT2D eigenvalue weighted by atomic mass is 16.1. The van der Waals surface area contributed by atoms with E-state index in [-0.39, 0.29) is 5.69 Å². The van der Waals surface area contributed by atoms with Crippen LogP contribution in [0.2, 0.25) is 0 Å². The first-order chi connectivity index (χ1) is 36.7. The first kappa shape index (κ1) is 40.6. The molecule has 346 valence electrons. The van der Waals surface area contributed by atoms with Crippen molar-refractivity contribution < 1.29 is 0 Å². The van der Waals surface area contributed by atoms with Gasteiger partial charge in [-0.05, 0) is 97.1 Å². The molecule has 0 spiro atoms. The normalized spacial score (nSPS) is 12.1. The molecule has 11 aromatic carbocycles. The number of hydrogen-bond acceptors (Lipinski definition) is 1. The molecule has 0 saturated carbocycles. The Kier molecular flexibility index (Phi) is 8.47. The van der Waals surface area contributed by atoms with Crippen molar-refractivity contribution in [3.05, 3.63) is 265 Å². The Balaban J connectivity index is 1.01. The molecule has 0 amide bonds. The molecule has 16 rings (SSSR count). The molecule has 0 radical (unpaired) electrons. The maximum Gasteiger partial charge on any atom is 0.338 e. The Hall–Kier alpha value is -10.1. The highest BCUT2D eigenvalue weighted by molar-refractivity contribution is 6.12. The molecule has 0 unspecified atom stereocenters. The fourth-order valence-corrected chi connectivity index (χ4v) is 12.4. The van der Waals surface area contributed by atoms with Gasteiger partial charge in [-0.2, -0.15) is 0 Å². The molecule has 5 aromatic heterocycles. The van der Waals surface area contributed by atoms with Crippen LogP contribution in [0.25, 0.3) is 132 Å². The van der Waals surface area contributed by atoms with Gasteiger partial charge < -0.3 is 18.3 Å². The molecule has 0 bridgehead atoms. The maximum atomic E-state index is 16.3. The lowest BCUT2D eigenvalue weighted by Crippen LogP contribution is -2.22. The lowest BCUT2D eigenvalue weighted by Gasteiger charge is -2.16. The second-order valence-electron chi connectivity index (χ2n) is 19.3. The third kappa shape index (κ3) is 5.69. The van der Waals surface area contributed by atoms with E-state index in [0.717, 1.165) is 89.3 Å². The summed E-state index contributed by atoms with van der Waals surface area (Å²) < 4.78 is 13.2.